The summed E-state index contributed by atoms with van der Waals surface area (Å²) < 4.78 is 0. The van der Waals surface area contributed by atoms with Gasteiger partial charge >= 0.3 is 0 Å². The van der Waals surface area contributed by atoms with E-state index in [9.17, 15) is 0 Å². The molecular weight excluding hydrogens is 427 g/mol. The van der Waals surface area contributed by atoms with E-state index in [2.05, 4.69) is 59.6 Å². The van der Waals surface area contributed by atoms with Crippen molar-refractivity contribution in [2.75, 3.05) is 25.9 Å². The minimum Gasteiger partial charge on any atom is -0.351 e. The maximum atomic E-state index is 4.48. The summed E-state index contributed by atoms with van der Waals surface area (Å²) in [6, 6.07) is 0. The largest absolute Gasteiger partial charge is 0.351 e. The lowest BCUT2D eigenvalue weighted by molar-refractivity contribution is 0.381. The highest BCUT2D eigenvalue weighted by Crippen LogP contribution is 2.25. The summed E-state index contributed by atoms with van der Waals surface area (Å²) in [6.07, 6.45) is 0. The van der Waals surface area contributed by atoms with Crippen LogP contribution in [-0.2, 0) is 6.54 Å². The molecule has 7 heteroatoms. The van der Waals surface area contributed by atoms with Crippen LogP contribution in [0.4, 0.5) is 0 Å². The SMILES string of the molecule is CN=C(NCc1sc(C)nc1C)N1CCSC(C(C)C)C1.I. The molecule has 1 fully saturated rings. The van der Waals surface area contributed by atoms with Crippen LogP contribution in [0.2, 0.25) is 0 Å². The van der Waals surface area contributed by atoms with Crippen LogP contribution in [0.5, 0.6) is 0 Å². The molecule has 1 N–H and O–H groups in total. The summed E-state index contributed by atoms with van der Waals surface area (Å²) in [6.45, 7) is 11.7. The van der Waals surface area contributed by atoms with Crippen LogP contribution in [0, 0.1) is 19.8 Å². The molecule has 1 aliphatic rings. The Bertz CT molecular complexity index is 502. The van der Waals surface area contributed by atoms with Gasteiger partial charge in [-0.3, -0.25) is 4.99 Å². The Morgan fingerprint density at radius 1 is 1.45 bits per heavy atom. The van der Waals surface area contributed by atoms with Crippen molar-refractivity contribution < 1.29 is 0 Å². The summed E-state index contributed by atoms with van der Waals surface area (Å²) in [5.41, 5.74) is 1.13. The van der Waals surface area contributed by atoms with E-state index in [-0.39, 0.29) is 24.0 Å². The number of thioether (sulfide) groups is 1. The summed E-state index contributed by atoms with van der Waals surface area (Å²) in [5.74, 6) is 2.91. The van der Waals surface area contributed by atoms with Gasteiger partial charge in [-0.25, -0.2) is 4.98 Å². The molecule has 1 atom stereocenters. The molecule has 0 aromatic carbocycles. The Labute approximate surface area is 159 Å². The van der Waals surface area contributed by atoms with E-state index in [0.29, 0.717) is 11.2 Å². The van der Waals surface area contributed by atoms with Crippen molar-refractivity contribution in [3.63, 3.8) is 0 Å². The zero-order valence-corrected chi connectivity index (χ0v) is 18.0. The van der Waals surface area contributed by atoms with Crippen LogP contribution in [0.25, 0.3) is 0 Å². The molecule has 0 bridgehead atoms. The minimum atomic E-state index is 0. The van der Waals surface area contributed by atoms with Crippen molar-refractivity contribution in [3.05, 3.63) is 15.6 Å². The van der Waals surface area contributed by atoms with Crippen molar-refractivity contribution in [1.82, 2.24) is 15.2 Å². The summed E-state index contributed by atoms with van der Waals surface area (Å²) in [4.78, 5) is 12.6. The third-order valence-corrected chi connectivity index (χ3v) is 6.37. The molecule has 1 aromatic rings. The van der Waals surface area contributed by atoms with E-state index < -0.39 is 0 Å². The average Bonchev–Trinajstić information content (AvgIpc) is 2.78. The van der Waals surface area contributed by atoms with E-state index in [1.165, 1.54) is 10.6 Å². The smallest absolute Gasteiger partial charge is 0.194 e. The zero-order valence-electron chi connectivity index (χ0n) is 14.0. The summed E-state index contributed by atoms with van der Waals surface area (Å²) >= 11 is 3.86. The van der Waals surface area contributed by atoms with Gasteiger partial charge in [0.2, 0.25) is 0 Å². The Morgan fingerprint density at radius 2 is 2.18 bits per heavy atom. The highest BCUT2D eigenvalue weighted by Gasteiger charge is 2.24. The monoisotopic (exact) mass is 454 g/mol. The first-order valence-corrected chi connectivity index (χ1v) is 9.38. The molecule has 1 unspecified atom stereocenters. The second kappa shape index (κ2) is 9.32. The van der Waals surface area contributed by atoms with Crippen molar-refractivity contribution in [3.8, 4) is 0 Å². The molecule has 4 nitrogen and oxygen atoms in total. The molecule has 2 heterocycles. The summed E-state index contributed by atoms with van der Waals surface area (Å²) in [5, 5.41) is 5.34. The Morgan fingerprint density at radius 3 is 2.73 bits per heavy atom. The number of aryl methyl sites for hydroxylation is 2. The fourth-order valence-electron chi connectivity index (χ4n) is 2.50. The fourth-order valence-corrected chi connectivity index (χ4v) is 4.68. The fraction of sp³-hybridized carbons (Fsp3) is 0.733. The molecule has 0 saturated carbocycles. The van der Waals surface area contributed by atoms with Crippen LogP contribution < -0.4 is 5.32 Å². The van der Waals surface area contributed by atoms with Gasteiger partial charge in [0.05, 0.1) is 17.2 Å². The molecule has 0 spiro atoms. The number of nitrogens with one attached hydrogen (secondary N) is 1. The first-order chi connectivity index (χ1) is 10.0. The van der Waals surface area contributed by atoms with Crippen molar-refractivity contribution in [1.29, 1.82) is 0 Å². The molecule has 1 aliphatic heterocycles. The van der Waals surface area contributed by atoms with Crippen molar-refractivity contribution in [2.45, 2.75) is 39.5 Å². The van der Waals surface area contributed by atoms with Crippen LogP contribution >= 0.6 is 47.1 Å². The van der Waals surface area contributed by atoms with Gasteiger partial charge in [-0.05, 0) is 19.8 Å². The Hall–Kier alpha value is -0.0200. The van der Waals surface area contributed by atoms with Crippen molar-refractivity contribution in [2.24, 2.45) is 10.9 Å². The highest BCUT2D eigenvalue weighted by molar-refractivity contribution is 14.0. The quantitative estimate of drug-likeness (QED) is 0.431. The normalized spacial score (nSPS) is 19.3. The predicted molar refractivity (Wildman–Crippen MR) is 110 cm³/mol. The van der Waals surface area contributed by atoms with Gasteiger partial charge in [-0.1, -0.05) is 13.8 Å². The lowest BCUT2D eigenvalue weighted by atomic mass is 10.1. The number of halogens is 1. The topological polar surface area (TPSA) is 40.5 Å². The third-order valence-electron chi connectivity index (χ3n) is 3.76. The number of hydrogen-bond donors (Lipinski definition) is 1. The lowest BCUT2D eigenvalue weighted by Crippen LogP contribution is -2.48. The molecule has 0 radical (unpaired) electrons. The average molecular weight is 454 g/mol. The minimum absolute atomic E-state index is 0. The Balaban J connectivity index is 0.00000242. The number of rotatable bonds is 3. The number of nitrogens with zero attached hydrogens (tertiary/aromatic N) is 3. The molecule has 22 heavy (non-hydrogen) atoms. The maximum Gasteiger partial charge on any atom is 0.194 e. The van der Waals surface area contributed by atoms with Crippen LogP contribution in [0.3, 0.4) is 0 Å². The van der Waals surface area contributed by atoms with E-state index in [4.69, 9.17) is 0 Å². The van der Waals surface area contributed by atoms with E-state index in [0.717, 1.165) is 36.3 Å². The number of aliphatic imine (C=N–C) groups is 1. The van der Waals surface area contributed by atoms with Crippen LogP contribution in [-0.4, -0.2) is 47.0 Å². The second-order valence-electron chi connectivity index (χ2n) is 5.74. The van der Waals surface area contributed by atoms with Gasteiger partial charge < -0.3 is 10.2 Å². The molecule has 126 valence electrons. The zero-order chi connectivity index (χ0) is 15.4. The van der Waals surface area contributed by atoms with Crippen LogP contribution in [0.15, 0.2) is 4.99 Å². The summed E-state index contributed by atoms with van der Waals surface area (Å²) in [7, 11) is 1.87. The first kappa shape index (κ1) is 20.0. The first-order valence-electron chi connectivity index (χ1n) is 7.51. The number of hydrogen-bond acceptors (Lipinski definition) is 4. The second-order valence-corrected chi connectivity index (χ2v) is 8.38. The van der Waals surface area contributed by atoms with Crippen molar-refractivity contribution >= 4 is 53.0 Å². The van der Waals surface area contributed by atoms with Gasteiger partial charge in [0, 0.05) is 36.0 Å². The standard InChI is InChI=1S/C15H26N4S2.HI/c1-10(2)14-9-19(6-7-20-14)15(16-5)17-8-13-11(3)18-12(4)21-13;/h10,14H,6-9H2,1-5H3,(H,16,17);1H. The third kappa shape index (κ3) is 5.26. The molecule has 1 saturated heterocycles. The maximum absolute atomic E-state index is 4.48. The van der Waals surface area contributed by atoms with Gasteiger partial charge in [-0.15, -0.1) is 35.3 Å². The van der Waals surface area contributed by atoms with E-state index >= 15 is 0 Å². The number of thiazole rings is 1. The lowest BCUT2D eigenvalue weighted by Gasteiger charge is -2.36. The molecule has 0 aliphatic carbocycles. The molecular formula is C15H27IN4S2. The van der Waals surface area contributed by atoms with Gasteiger partial charge in [0.25, 0.3) is 0 Å². The van der Waals surface area contributed by atoms with Gasteiger partial charge in [0.15, 0.2) is 5.96 Å². The Kier molecular flexibility index (Phi) is 8.48. The number of aromatic nitrogens is 1. The van der Waals surface area contributed by atoms with Gasteiger partial charge in [0.1, 0.15) is 0 Å². The van der Waals surface area contributed by atoms with Gasteiger partial charge in [-0.2, -0.15) is 11.8 Å². The molecule has 2 rings (SSSR count). The predicted octanol–water partition coefficient (Wildman–Crippen LogP) is 3.53. The van der Waals surface area contributed by atoms with E-state index in [1.54, 1.807) is 11.3 Å². The molecule has 0 amide bonds. The molecule has 1 aromatic heterocycles. The van der Waals surface area contributed by atoms with Crippen LogP contribution in [0.1, 0.15) is 29.4 Å². The number of guanidine groups is 1. The van der Waals surface area contributed by atoms with E-state index in [1.807, 2.05) is 7.05 Å². The highest BCUT2D eigenvalue weighted by atomic mass is 127.